The van der Waals surface area contributed by atoms with Crippen LogP contribution in [0.25, 0.3) is 0 Å². The Morgan fingerprint density at radius 1 is 1.00 bits per heavy atom. The minimum Gasteiger partial charge on any atom is -0.465 e. The van der Waals surface area contributed by atoms with E-state index < -0.39 is 6.09 Å². The number of ether oxygens (including phenoxy) is 1. The minimum atomic E-state index is -0.873. The van der Waals surface area contributed by atoms with Crippen molar-refractivity contribution in [2.24, 2.45) is 11.5 Å². The van der Waals surface area contributed by atoms with Gasteiger partial charge in [-0.2, -0.15) is 0 Å². The summed E-state index contributed by atoms with van der Waals surface area (Å²) in [6.45, 7) is 3.59. The van der Waals surface area contributed by atoms with E-state index in [1.807, 2.05) is 0 Å². The summed E-state index contributed by atoms with van der Waals surface area (Å²) in [6.07, 6.45) is 2.40. The lowest BCUT2D eigenvalue weighted by atomic mass is 10.3. The van der Waals surface area contributed by atoms with Gasteiger partial charge >= 0.3 is 6.09 Å². The van der Waals surface area contributed by atoms with E-state index in [4.69, 9.17) is 21.3 Å². The molecule has 0 rings (SSSR count). The summed E-state index contributed by atoms with van der Waals surface area (Å²) in [5.74, 6) is 0. The van der Waals surface area contributed by atoms with Crippen LogP contribution in [-0.4, -0.2) is 55.5 Å². The van der Waals surface area contributed by atoms with Crippen LogP contribution in [0.1, 0.15) is 25.7 Å². The second-order valence-corrected chi connectivity index (χ2v) is 3.87. The Balaban J connectivity index is 3.44. The lowest BCUT2D eigenvalue weighted by Gasteiger charge is -2.18. The molecular weight excluding hydrogens is 222 g/mol. The van der Waals surface area contributed by atoms with Crippen LogP contribution < -0.4 is 11.5 Å². The van der Waals surface area contributed by atoms with E-state index in [0.717, 1.165) is 19.3 Å². The molecule has 6 nitrogen and oxygen atoms in total. The molecule has 0 aliphatic heterocycles. The molecule has 0 aromatic carbocycles. The molecular formula is C11H25N3O3. The molecule has 0 aromatic rings. The number of amides is 1. The first-order valence-electron chi connectivity index (χ1n) is 6.18. The monoisotopic (exact) mass is 247 g/mol. The highest BCUT2D eigenvalue weighted by Gasteiger charge is 2.09. The van der Waals surface area contributed by atoms with Crippen molar-refractivity contribution in [3.05, 3.63) is 0 Å². The van der Waals surface area contributed by atoms with E-state index in [-0.39, 0.29) is 0 Å². The van der Waals surface area contributed by atoms with E-state index in [1.165, 1.54) is 4.90 Å². The molecule has 6 heteroatoms. The van der Waals surface area contributed by atoms with Gasteiger partial charge in [-0.3, -0.25) is 0 Å². The van der Waals surface area contributed by atoms with Crippen molar-refractivity contribution in [2.45, 2.75) is 25.7 Å². The van der Waals surface area contributed by atoms with Crippen molar-refractivity contribution in [1.82, 2.24) is 4.90 Å². The van der Waals surface area contributed by atoms with Gasteiger partial charge in [-0.25, -0.2) is 4.79 Å². The van der Waals surface area contributed by atoms with E-state index in [2.05, 4.69) is 0 Å². The average molecular weight is 247 g/mol. The Bertz CT molecular complexity index is 191. The lowest BCUT2D eigenvalue weighted by molar-refractivity contribution is 0.121. The van der Waals surface area contributed by atoms with Gasteiger partial charge in [0.2, 0.25) is 0 Å². The first kappa shape index (κ1) is 16.1. The van der Waals surface area contributed by atoms with Crippen molar-refractivity contribution in [1.29, 1.82) is 0 Å². The van der Waals surface area contributed by atoms with Crippen LogP contribution in [0.5, 0.6) is 0 Å². The van der Waals surface area contributed by atoms with Gasteiger partial charge < -0.3 is 26.2 Å². The number of carboxylic acid groups (broad SMARTS) is 1. The maximum absolute atomic E-state index is 10.9. The second kappa shape index (κ2) is 11.6. The van der Waals surface area contributed by atoms with Gasteiger partial charge in [0.15, 0.2) is 0 Å². The Morgan fingerprint density at radius 2 is 1.59 bits per heavy atom. The van der Waals surface area contributed by atoms with Gasteiger partial charge in [-0.15, -0.1) is 0 Å². The van der Waals surface area contributed by atoms with Crippen LogP contribution in [-0.2, 0) is 4.74 Å². The first-order chi connectivity index (χ1) is 8.22. The summed E-state index contributed by atoms with van der Waals surface area (Å²) in [7, 11) is 0. The SMILES string of the molecule is NCCCOCCCCN(CCCN)C(=O)O. The molecule has 0 radical (unpaired) electrons. The van der Waals surface area contributed by atoms with Crippen LogP contribution in [0.2, 0.25) is 0 Å². The molecule has 0 saturated heterocycles. The maximum Gasteiger partial charge on any atom is 0.407 e. The summed E-state index contributed by atoms with van der Waals surface area (Å²) >= 11 is 0. The molecule has 0 unspecified atom stereocenters. The van der Waals surface area contributed by atoms with E-state index in [9.17, 15) is 4.79 Å². The molecule has 102 valence electrons. The number of nitrogens with zero attached hydrogens (tertiary/aromatic N) is 1. The normalized spacial score (nSPS) is 10.5. The van der Waals surface area contributed by atoms with E-state index in [1.54, 1.807) is 0 Å². The summed E-state index contributed by atoms with van der Waals surface area (Å²) in [5.41, 5.74) is 10.7. The predicted molar refractivity (Wildman–Crippen MR) is 67.0 cm³/mol. The second-order valence-electron chi connectivity index (χ2n) is 3.87. The van der Waals surface area contributed by atoms with Gasteiger partial charge in [0.05, 0.1) is 0 Å². The van der Waals surface area contributed by atoms with Crippen molar-refractivity contribution in [3.8, 4) is 0 Å². The maximum atomic E-state index is 10.9. The summed E-state index contributed by atoms with van der Waals surface area (Å²) in [5, 5.41) is 8.91. The number of carbonyl (C=O) groups is 1. The average Bonchev–Trinajstić information content (AvgIpc) is 2.31. The molecule has 0 spiro atoms. The highest BCUT2D eigenvalue weighted by atomic mass is 16.5. The molecule has 0 fully saturated rings. The summed E-state index contributed by atoms with van der Waals surface area (Å²) < 4.78 is 5.33. The number of hydrogen-bond acceptors (Lipinski definition) is 4. The topological polar surface area (TPSA) is 102 Å². The highest BCUT2D eigenvalue weighted by molar-refractivity contribution is 5.64. The molecule has 0 aliphatic rings. The number of unbranched alkanes of at least 4 members (excludes halogenated alkanes) is 1. The molecule has 0 aliphatic carbocycles. The van der Waals surface area contributed by atoms with Gasteiger partial charge in [-0.05, 0) is 38.8 Å². The van der Waals surface area contributed by atoms with Crippen LogP contribution in [0.15, 0.2) is 0 Å². The molecule has 1 amide bonds. The molecule has 0 heterocycles. The van der Waals surface area contributed by atoms with Gasteiger partial charge in [0, 0.05) is 26.3 Å². The zero-order chi connectivity index (χ0) is 12.9. The predicted octanol–water partition coefficient (Wildman–Crippen LogP) is 0.461. The van der Waals surface area contributed by atoms with Crippen molar-refractivity contribution < 1.29 is 14.6 Å². The third-order valence-corrected chi connectivity index (χ3v) is 2.36. The molecule has 0 atom stereocenters. The quantitative estimate of drug-likeness (QED) is 0.460. The van der Waals surface area contributed by atoms with Crippen LogP contribution >= 0.6 is 0 Å². The van der Waals surface area contributed by atoms with Crippen LogP contribution in [0.3, 0.4) is 0 Å². The van der Waals surface area contributed by atoms with Gasteiger partial charge in [-0.1, -0.05) is 0 Å². The number of hydrogen-bond donors (Lipinski definition) is 3. The van der Waals surface area contributed by atoms with Crippen LogP contribution in [0, 0.1) is 0 Å². The Morgan fingerprint density at radius 3 is 2.18 bits per heavy atom. The molecule has 5 N–H and O–H groups in total. The van der Waals surface area contributed by atoms with Crippen molar-refractivity contribution in [2.75, 3.05) is 39.4 Å². The van der Waals surface area contributed by atoms with Crippen molar-refractivity contribution in [3.63, 3.8) is 0 Å². The number of nitrogens with two attached hydrogens (primary N) is 2. The third kappa shape index (κ3) is 10.0. The highest BCUT2D eigenvalue weighted by Crippen LogP contribution is 1.98. The fraction of sp³-hybridized carbons (Fsp3) is 0.909. The fourth-order valence-electron chi connectivity index (χ4n) is 1.38. The minimum absolute atomic E-state index is 0.514. The molecule has 0 bridgehead atoms. The summed E-state index contributed by atoms with van der Waals surface area (Å²) in [4.78, 5) is 12.3. The summed E-state index contributed by atoms with van der Waals surface area (Å²) in [6, 6.07) is 0. The zero-order valence-electron chi connectivity index (χ0n) is 10.4. The molecule has 0 saturated carbocycles. The Labute approximate surface area is 103 Å². The van der Waals surface area contributed by atoms with E-state index in [0.29, 0.717) is 45.8 Å². The molecule has 17 heavy (non-hydrogen) atoms. The van der Waals surface area contributed by atoms with Crippen molar-refractivity contribution >= 4 is 6.09 Å². The standard InChI is InChI=1S/C11H25N3O3/c12-5-3-8-14(11(15)16)7-1-2-9-17-10-4-6-13/h1-10,12-13H2,(H,15,16). The van der Waals surface area contributed by atoms with Crippen LogP contribution in [0.4, 0.5) is 4.79 Å². The third-order valence-electron chi connectivity index (χ3n) is 2.36. The molecule has 0 aromatic heterocycles. The smallest absolute Gasteiger partial charge is 0.407 e. The lowest BCUT2D eigenvalue weighted by Crippen LogP contribution is -2.32. The van der Waals surface area contributed by atoms with E-state index >= 15 is 0 Å². The fourth-order valence-corrected chi connectivity index (χ4v) is 1.38. The van der Waals surface area contributed by atoms with Gasteiger partial charge in [0.1, 0.15) is 0 Å². The van der Waals surface area contributed by atoms with Gasteiger partial charge in [0.25, 0.3) is 0 Å². The first-order valence-corrected chi connectivity index (χ1v) is 6.18. The Kier molecular flexibility index (Phi) is 11.0. The Hall–Kier alpha value is -0.850. The largest absolute Gasteiger partial charge is 0.465 e. The zero-order valence-corrected chi connectivity index (χ0v) is 10.4. The number of rotatable bonds is 11.